The molecule has 0 atom stereocenters. The molecule has 0 aliphatic heterocycles. The van der Waals surface area contributed by atoms with Crippen molar-refractivity contribution in [2.75, 3.05) is 0 Å². The fraction of sp³-hybridized carbons (Fsp3) is 0.400. The summed E-state index contributed by atoms with van der Waals surface area (Å²) in [4.78, 5) is 0. The van der Waals surface area contributed by atoms with Gasteiger partial charge in [0.25, 0.3) is 0 Å². The Balaban J connectivity index is 0. The van der Waals surface area contributed by atoms with Gasteiger partial charge >= 0.3 is 47.2 Å². The van der Waals surface area contributed by atoms with Crippen molar-refractivity contribution in [2.45, 2.75) is 13.8 Å². The van der Waals surface area contributed by atoms with E-state index in [1.165, 1.54) is 5.57 Å². The van der Waals surface area contributed by atoms with Crippen LogP contribution in [0.25, 0.3) is 0 Å². The van der Waals surface area contributed by atoms with Gasteiger partial charge in [0.1, 0.15) is 0 Å². The van der Waals surface area contributed by atoms with Crippen LogP contribution in [-0.2, 0) is 35.5 Å². The van der Waals surface area contributed by atoms with Gasteiger partial charge in [-0.1, -0.05) is 0 Å². The van der Waals surface area contributed by atoms with Gasteiger partial charge in [0, 0.05) is 18.6 Å². The van der Waals surface area contributed by atoms with Crippen LogP contribution in [-0.4, -0.2) is 4.73 Å². The normalized spacial score (nSPS) is 9.57. The largest absolute Gasteiger partial charge is 0 e. The van der Waals surface area contributed by atoms with Crippen molar-refractivity contribution in [1.82, 2.24) is 0 Å². The van der Waals surface area contributed by atoms with Crippen LogP contribution in [0.2, 0.25) is 0 Å². The average molecular weight is 169 g/mol. The van der Waals surface area contributed by atoms with Crippen LogP contribution < -0.4 is 0 Å². The van der Waals surface area contributed by atoms with Gasteiger partial charge in [-0.05, 0) is 0 Å². The summed E-state index contributed by atoms with van der Waals surface area (Å²) in [5.74, 6) is 0. The van der Waals surface area contributed by atoms with Gasteiger partial charge in [-0.3, -0.25) is 0 Å². The van der Waals surface area contributed by atoms with Crippen molar-refractivity contribution in [1.29, 1.82) is 0 Å². The standard InChI is InChI=1S/C5H7.2V/c1-4-5(2)3;;/h2H,1,3H3;;/q-1;;. The minimum atomic E-state index is 0. The monoisotopic (exact) mass is 169 g/mol. The van der Waals surface area contributed by atoms with E-state index in [-0.39, 0.29) is 18.6 Å². The van der Waals surface area contributed by atoms with Gasteiger partial charge in [-0.15, -0.1) is 0 Å². The zero-order chi connectivity index (χ0) is 4.99. The maximum absolute atomic E-state index is 2.96. The van der Waals surface area contributed by atoms with Gasteiger partial charge in [0.2, 0.25) is 0 Å². The number of rotatable bonds is 1. The number of hydrogen-bond donors (Lipinski definition) is 0. The van der Waals surface area contributed by atoms with Crippen molar-refractivity contribution in [2.24, 2.45) is 0 Å². The molecule has 0 nitrogen and oxygen atoms in total. The molecular formula is C5H7V2-. The third-order valence-corrected chi connectivity index (χ3v) is 1.19. The van der Waals surface area contributed by atoms with Crippen LogP contribution >= 0.6 is 0 Å². The zero-order valence-electron chi connectivity index (χ0n) is 4.47. The Bertz CT molecular complexity index is 74.1. The predicted molar refractivity (Wildman–Crippen MR) is 24.2 cm³/mol. The summed E-state index contributed by atoms with van der Waals surface area (Å²) in [6.45, 7) is 3.91. The van der Waals surface area contributed by atoms with Crippen molar-refractivity contribution in [3.8, 4) is 0 Å². The van der Waals surface area contributed by atoms with Crippen LogP contribution in [0.1, 0.15) is 13.8 Å². The first-order valence-electron chi connectivity index (χ1n) is 1.80. The second-order valence-corrected chi connectivity index (χ2v) is 1.47. The van der Waals surface area contributed by atoms with E-state index >= 15 is 0 Å². The molecule has 0 saturated heterocycles. The molecule has 0 heterocycles. The van der Waals surface area contributed by atoms with Crippen LogP contribution in [0, 0.1) is 6.08 Å². The van der Waals surface area contributed by atoms with Crippen LogP contribution in [0.5, 0.6) is 0 Å². The van der Waals surface area contributed by atoms with E-state index in [4.69, 9.17) is 0 Å². The summed E-state index contributed by atoms with van der Waals surface area (Å²) in [6, 6.07) is 0. The molecule has 0 N–H and O–H groups in total. The molecule has 0 bridgehead atoms. The molecule has 0 aromatic carbocycles. The molecule has 0 rings (SSSR count). The van der Waals surface area contributed by atoms with Crippen LogP contribution in [0.3, 0.4) is 0 Å². The van der Waals surface area contributed by atoms with E-state index in [0.717, 1.165) is 0 Å². The van der Waals surface area contributed by atoms with Gasteiger partial charge < -0.3 is 0 Å². The van der Waals surface area contributed by atoms with E-state index in [0.29, 0.717) is 0 Å². The van der Waals surface area contributed by atoms with E-state index in [1.807, 2.05) is 18.6 Å². The first-order valence-corrected chi connectivity index (χ1v) is 2.60. The molecule has 1 radical (unpaired) electrons. The Morgan fingerprint density at radius 1 is 1.71 bits per heavy atom. The minimum Gasteiger partial charge on any atom is 0 e. The fourth-order valence-corrected chi connectivity index (χ4v) is 0.266. The summed E-state index contributed by atoms with van der Waals surface area (Å²) in [6.07, 6.45) is 2.96. The number of allylic oxidation sites excluding steroid dienone is 2. The number of hydrogen-bond acceptors (Lipinski definition) is 0. The topological polar surface area (TPSA) is 0 Å². The molecule has 0 aromatic heterocycles. The third kappa shape index (κ3) is 6.78. The van der Waals surface area contributed by atoms with Gasteiger partial charge in [-0.2, -0.15) is 0 Å². The Kier molecular flexibility index (Phi) is 10.4. The Morgan fingerprint density at radius 2 is 2.14 bits per heavy atom. The molecular weight excluding hydrogens is 162 g/mol. The molecule has 0 saturated carbocycles. The maximum atomic E-state index is 2.96. The van der Waals surface area contributed by atoms with E-state index in [9.17, 15) is 0 Å². The molecule has 0 amide bonds. The molecule has 0 aliphatic rings. The first-order chi connectivity index (χ1) is 2.81. The molecule has 38 valence electrons. The van der Waals surface area contributed by atoms with Crippen molar-refractivity contribution >= 4 is 4.73 Å². The summed E-state index contributed by atoms with van der Waals surface area (Å²) >= 11 is 2.39. The van der Waals surface area contributed by atoms with Crippen molar-refractivity contribution in [3.05, 3.63) is 11.6 Å². The van der Waals surface area contributed by atoms with E-state index < -0.39 is 0 Å². The van der Waals surface area contributed by atoms with Crippen molar-refractivity contribution in [3.63, 3.8) is 0 Å². The first kappa shape index (κ1) is 10.7. The molecule has 0 unspecified atom stereocenters. The molecule has 7 heavy (non-hydrogen) atoms. The predicted octanol–water partition coefficient (Wildman–Crippen LogP) is 1.10. The Labute approximate surface area is 65.8 Å². The maximum Gasteiger partial charge on any atom is 0 e. The third-order valence-electron chi connectivity index (χ3n) is 0.588. The molecule has 0 fully saturated rings. The average Bonchev–Trinajstić information content (AvgIpc) is 1.65. The van der Waals surface area contributed by atoms with E-state index in [1.54, 1.807) is 0 Å². The van der Waals surface area contributed by atoms with Gasteiger partial charge in [-0.25, -0.2) is 0 Å². The Hall–Kier alpha value is 0.779. The second kappa shape index (κ2) is 6.78. The fourth-order valence-electron chi connectivity index (χ4n) is 0.0645. The van der Waals surface area contributed by atoms with Crippen LogP contribution in [0.4, 0.5) is 0 Å². The zero-order valence-corrected chi connectivity index (χ0v) is 7.27. The SMILES string of the molecule is C[C-]=C(C)[CH]=[V].[V]. The van der Waals surface area contributed by atoms with Gasteiger partial charge in [0.05, 0.1) is 0 Å². The van der Waals surface area contributed by atoms with Crippen molar-refractivity contribution < 1.29 is 35.5 Å². The molecule has 2 heteroatoms. The molecule has 0 aliphatic carbocycles. The summed E-state index contributed by atoms with van der Waals surface area (Å²) in [5, 5.41) is 0. The van der Waals surface area contributed by atoms with Crippen LogP contribution in [0.15, 0.2) is 5.57 Å². The minimum absolute atomic E-state index is 0. The second-order valence-electron chi connectivity index (χ2n) is 1.06. The smallest absolute Gasteiger partial charge is 0 e. The van der Waals surface area contributed by atoms with E-state index in [2.05, 4.69) is 23.1 Å². The van der Waals surface area contributed by atoms with Gasteiger partial charge in [0.15, 0.2) is 0 Å². The molecule has 0 aromatic rings. The molecule has 0 spiro atoms. The summed E-state index contributed by atoms with van der Waals surface area (Å²) in [7, 11) is 0. The summed E-state index contributed by atoms with van der Waals surface area (Å²) < 4.78 is 1.97. The summed E-state index contributed by atoms with van der Waals surface area (Å²) in [5.41, 5.74) is 1.19. The quantitative estimate of drug-likeness (QED) is 0.515. The Morgan fingerprint density at radius 3 is 2.14 bits per heavy atom.